The highest BCUT2D eigenvalue weighted by Gasteiger charge is 2.09. The molecular formula is C20H22N2O2. The van der Waals surface area contributed by atoms with E-state index < -0.39 is 6.10 Å². The van der Waals surface area contributed by atoms with Crippen LogP contribution in [-0.4, -0.2) is 29.8 Å². The summed E-state index contributed by atoms with van der Waals surface area (Å²) >= 11 is 0. The minimum Gasteiger partial charge on any atom is -0.496 e. The van der Waals surface area contributed by atoms with Crippen molar-refractivity contribution < 1.29 is 9.84 Å². The van der Waals surface area contributed by atoms with Crippen molar-refractivity contribution in [2.45, 2.75) is 20.0 Å². The number of aromatic nitrogens is 1. The molecule has 0 bridgehead atoms. The van der Waals surface area contributed by atoms with Crippen LogP contribution < -0.4 is 10.1 Å². The third-order valence-corrected chi connectivity index (χ3v) is 3.99. The van der Waals surface area contributed by atoms with E-state index in [9.17, 15) is 5.11 Å². The first kappa shape index (κ1) is 16.3. The van der Waals surface area contributed by atoms with Crippen LogP contribution >= 0.6 is 0 Å². The molecule has 0 aliphatic carbocycles. The van der Waals surface area contributed by atoms with Crippen LogP contribution in [0.2, 0.25) is 0 Å². The summed E-state index contributed by atoms with van der Waals surface area (Å²) in [5, 5.41) is 13.9. The number of aliphatic hydroxyl groups excluding tert-OH is 1. The van der Waals surface area contributed by atoms with Crippen molar-refractivity contribution >= 4 is 16.6 Å². The Morgan fingerprint density at radius 2 is 1.96 bits per heavy atom. The normalized spacial score (nSPS) is 12.2. The number of anilines is 1. The van der Waals surface area contributed by atoms with Gasteiger partial charge in [0.05, 0.1) is 24.4 Å². The molecule has 0 saturated heterocycles. The highest BCUT2D eigenvalue weighted by molar-refractivity contribution is 5.93. The number of benzene rings is 2. The molecule has 1 heterocycles. The number of fused-ring (bicyclic) bond motifs is 1. The van der Waals surface area contributed by atoms with E-state index in [0.29, 0.717) is 6.54 Å². The van der Waals surface area contributed by atoms with Crippen LogP contribution in [0.15, 0.2) is 48.5 Å². The maximum atomic E-state index is 9.57. The number of pyridine rings is 1. The lowest BCUT2D eigenvalue weighted by Crippen LogP contribution is -2.15. The number of aliphatic hydroxyl groups is 1. The second-order valence-corrected chi connectivity index (χ2v) is 5.99. The molecule has 2 N–H and O–H groups in total. The molecule has 0 amide bonds. The van der Waals surface area contributed by atoms with Crippen LogP contribution in [0.3, 0.4) is 0 Å². The van der Waals surface area contributed by atoms with Gasteiger partial charge in [0.2, 0.25) is 0 Å². The molecule has 1 atom stereocenters. The van der Waals surface area contributed by atoms with Crippen molar-refractivity contribution in [3.63, 3.8) is 0 Å². The predicted octanol–water partition coefficient (Wildman–Crippen LogP) is 4.01. The minimum atomic E-state index is -0.413. The SMILES string of the molecule is COc1ccc(-c2cc(NCC(C)O)c3ccccc3n2)cc1C. The molecule has 1 aromatic heterocycles. The van der Waals surface area contributed by atoms with Crippen molar-refractivity contribution in [2.75, 3.05) is 19.0 Å². The molecule has 24 heavy (non-hydrogen) atoms. The molecule has 0 spiro atoms. The molecular weight excluding hydrogens is 300 g/mol. The second-order valence-electron chi connectivity index (χ2n) is 5.99. The molecule has 3 rings (SSSR count). The van der Waals surface area contributed by atoms with Crippen molar-refractivity contribution in [3.8, 4) is 17.0 Å². The van der Waals surface area contributed by atoms with Crippen molar-refractivity contribution in [3.05, 3.63) is 54.1 Å². The van der Waals surface area contributed by atoms with Gasteiger partial charge in [-0.1, -0.05) is 18.2 Å². The third-order valence-electron chi connectivity index (χ3n) is 3.99. The summed E-state index contributed by atoms with van der Waals surface area (Å²) in [5.74, 6) is 0.868. The third kappa shape index (κ3) is 3.34. The van der Waals surface area contributed by atoms with E-state index in [0.717, 1.165) is 39.2 Å². The van der Waals surface area contributed by atoms with Gasteiger partial charge < -0.3 is 15.2 Å². The number of ether oxygens (including phenoxy) is 1. The van der Waals surface area contributed by atoms with Crippen LogP contribution in [0.1, 0.15) is 12.5 Å². The Morgan fingerprint density at radius 3 is 2.67 bits per heavy atom. The van der Waals surface area contributed by atoms with Gasteiger partial charge in [0.25, 0.3) is 0 Å². The topological polar surface area (TPSA) is 54.4 Å². The fraction of sp³-hybridized carbons (Fsp3) is 0.250. The monoisotopic (exact) mass is 322 g/mol. The van der Waals surface area contributed by atoms with Gasteiger partial charge in [-0.05, 0) is 49.7 Å². The largest absolute Gasteiger partial charge is 0.496 e. The molecule has 0 aliphatic heterocycles. The maximum absolute atomic E-state index is 9.57. The molecule has 3 aromatic rings. The molecule has 4 nitrogen and oxygen atoms in total. The molecule has 0 saturated carbocycles. The Bertz CT molecular complexity index is 859. The van der Waals surface area contributed by atoms with Crippen molar-refractivity contribution in [1.82, 2.24) is 4.98 Å². The first-order valence-corrected chi connectivity index (χ1v) is 8.05. The van der Waals surface area contributed by atoms with Gasteiger partial charge in [0, 0.05) is 23.2 Å². The zero-order valence-electron chi connectivity index (χ0n) is 14.2. The van der Waals surface area contributed by atoms with Gasteiger partial charge in [-0.25, -0.2) is 4.98 Å². The van der Waals surface area contributed by atoms with E-state index >= 15 is 0 Å². The second kappa shape index (κ2) is 6.89. The smallest absolute Gasteiger partial charge is 0.121 e. The summed E-state index contributed by atoms with van der Waals surface area (Å²) in [5.41, 5.74) is 4.91. The highest BCUT2D eigenvalue weighted by atomic mass is 16.5. The fourth-order valence-electron chi connectivity index (χ4n) is 2.76. The Morgan fingerprint density at radius 1 is 1.17 bits per heavy atom. The number of nitrogens with one attached hydrogen (secondary N) is 1. The fourth-order valence-corrected chi connectivity index (χ4v) is 2.76. The molecule has 4 heteroatoms. The predicted molar refractivity (Wildman–Crippen MR) is 98.6 cm³/mol. The van der Waals surface area contributed by atoms with Crippen LogP contribution in [0.4, 0.5) is 5.69 Å². The van der Waals surface area contributed by atoms with Crippen molar-refractivity contribution in [2.24, 2.45) is 0 Å². The maximum Gasteiger partial charge on any atom is 0.121 e. The Balaban J connectivity index is 2.09. The average Bonchev–Trinajstić information content (AvgIpc) is 2.59. The van der Waals surface area contributed by atoms with Gasteiger partial charge in [-0.15, -0.1) is 0 Å². The van der Waals surface area contributed by atoms with Gasteiger partial charge >= 0.3 is 0 Å². The number of aryl methyl sites for hydroxylation is 1. The summed E-state index contributed by atoms with van der Waals surface area (Å²) in [6.45, 7) is 4.29. The molecule has 0 radical (unpaired) electrons. The summed E-state index contributed by atoms with van der Waals surface area (Å²) in [7, 11) is 1.67. The van der Waals surface area contributed by atoms with Crippen molar-refractivity contribution in [1.29, 1.82) is 0 Å². The zero-order chi connectivity index (χ0) is 17.1. The summed E-state index contributed by atoms with van der Waals surface area (Å²) < 4.78 is 5.33. The molecule has 2 aromatic carbocycles. The van der Waals surface area contributed by atoms with E-state index in [-0.39, 0.29) is 0 Å². The Kier molecular flexibility index (Phi) is 4.67. The quantitative estimate of drug-likeness (QED) is 0.745. The molecule has 0 fully saturated rings. The molecule has 0 aliphatic rings. The number of hydrogen-bond acceptors (Lipinski definition) is 4. The number of rotatable bonds is 5. The number of para-hydroxylation sites is 1. The number of methoxy groups -OCH3 is 1. The van der Waals surface area contributed by atoms with E-state index in [4.69, 9.17) is 9.72 Å². The van der Waals surface area contributed by atoms with Crippen LogP contribution in [-0.2, 0) is 0 Å². The highest BCUT2D eigenvalue weighted by Crippen LogP contribution is 2.30. The van der Waals surface area contributed by atoms with E-state index in [2.05, 4.69) is 11.4 Å². The summed E-state index contributed by atoms with van der Waals surface area (Å²) in [6, 6.07) is 16.1. The lowest BCUT2D eigenvalue weighted by atomic mass is 10.0. The Labute approximate surface area is 142 Å². The van der Waals surface area contributed by atoms with E-state index in [1.54, 1.807) is 14.0 Å². The zero-order valence-corrected chi connectivity index (χ0v) is 14.2. The van der Waals surface area contributed by atoms with E-state index in [1.165, 1.54) is 0 Å². The number of hydrogen-bond donors (Lipinski definition) is 2. The molecule has 1 unspecified atom stereocenters. The van der Waals surface area contributed by atoms with Crippen LogP contribution in [0, 0.1) is 6.92 Å². The van der Waals surface area contributed by atoms with Gasteiger partial charge in [-0.2, -0.15) is 0 Å². The lowest BCUT2D eigenvalue weighted by Gasteiger charge is -2.14. The van der Waals surface area contributed by atoms with E-state index in [1.807, 2.05) is 49.4 Å². The molecule has 124 valence electrons. The standard InChI is InChI=1S/C20H22N2O2/c1-13-10-15(8-9-20(13)24-3)18-11-19(21-12-14(2)23)16-6-4-5-7-17(16)22-18/h4-11,14,23H,12H2,1-3H3,(H,21,22). The summed E-state index contributed by atoms with van der Waals surface area (Å²) in [6.07, 6.45) is -0.413. The summed E-state index contributed by atoms with van der Waals surface area (Å²) in [4.78, 5) is 4.79. The number of nitrogens with zero attached hydrogens (tertiary/aromatic N) is 1. The van der Waals surface area contributed by atoms with Gasteiger partial charge in [0.15, 0.2) is 0 Å². The first-order valence-electron chi connectivity index (χ1n) is 8.05. The lowest BCUT2D eigenvalue weighted by molar-refractivity contribution is 0.208. The van der Waals surface area contributed by atoms with Crippen LogP contribution in [0.5, 0.6) is 5.75 Å². The Hall–Kier alpha value is -2.59. The van der Waals surface area contributed by atoms with Gasteiger partial charge in [-0.3, -0.25) is 0 Å². The van der Waals surface area contributed by atoms with Crippen LogP contribution in [0.25, 0.3) is 22.2 Å². The van der Waals surface area contributed by atoms with Gasteiger partial charge in [0.1, 0.15) is 5.75 Å². The first-order chi connectivity index (χ1) is 11.6. The minimum absolute atomic E-state index is 0.413. The average molecular weight is 322 g/mol.